The first-order valence-electron chi connectivity index (χ1n) is 10.6. The summed E-state index contributed by atoms with van der Waals surface area (Å²) in [6, 6.07) is 15.5. The second-order valence-electron chi connectivity index (χ2n) is 7.85. The Morgan fingerprint density at radius 3 is 2.41 bits per heavy atom. The molecule has 0 aliphatic heterocycles. The van der Waals surface area contributed by atoms with Gasteiger partial charge in [0.05, 0.1) is 11.5 Å². The van der Waals surface area contributed by atoms with Gasteiger partial charge >= 0.3 is 5.97 Å². The van der Waals surface area contributed by atoms with Crippen LogP contribution in [0.4, 0.5) is 11.5 Å². The molecule has 4 aromatic rings. The maximum absolute atomic E-state index is 13.7. The second kappa shape index (κ2) is 9.14. The van der Waals surface area contributed by atoms with Gasteiger partial charge in [0.1, 0.15) is 5.82 Å². The monoisotopic (exact) mass is 480 g/mol. The Bertz CT molecular complexity index is 1520. The molecule has 0 bridgehead atoms. The Labute approximate surface area is 196 Å². The summed E-state index contributed by atoms with van der Waals surface area (Å²) in [5.41, 5.74) is 1.76. The smallest absolute Gasteiger partial charge is 0.302 e. The normalized spacial score (nSPS) is 11.5. The molecule has 34 heavy (non-hydrogen) atoms. The topological polar surface area (TPSA) is 123 Å². The number of aryl methyl sites for hydroxylation is 2. The fourth-order valence-corrected chi connectivity index (χ4v) is 5.09. The highest BCUT2D eigenvalue weighted by Crippen LogP contribution is 2.32. The average Bonchev–Trinajstić information content (AvgIpc) is 3.15. The lowest BCUT2D eigenvalue weighted by Gasteiger charge is -2.09. The van der Waals surface area contributed by atoms with Crippen molar-refractivity contribution >= 4 is 33.0 Å². The van der Waals surface area contributed by atoms with Crippen LogP contribution in [0.15, 0.2) is 69.2 Å². The summed E-state index contributed by atoms with van der Waals surface area (Å²) in [6.07, 6.45) is 0.153. The zero-order valence-corrected chi connectivity index (χ0v) is 19.8. The third-order valence-electron chi connectivity index (χ3n) is 5.34. The molecule has 0 saturated carbocycles. The summed E-state index contributed by atoms with van der Waals surface area (Å²) in [7, 11) is -4.05. The molecule has 0 saturated heterocycles. The number of aromatic amines is 1. The molecule has 10 heteroatoms. The number of para-hydroxylation sites is 1. The number of aromatic nitrogens is 3. The number of nitrogens with one attached hydrogen (secondary N) is 2. The van der Waals surface area contributed by atoms with Crippen LogP contribution in [0.1, 0.15) is 23.7 Å². The molecule has 4 rings (SSSR count). The van der Waals surface area contributed by atoms with Crippen LogP contribution in [0, 0.1) is 13.8 Å². The van der Waals surface area contributed by atoms with Gasteiger partial charge in [-0.05, 0) is 38.1 Å². The molecule has 0 aliphatic rings. The predicted octanol–water partition coefficient (Wildman–Crippen LogP) is 3.32. The Hall–Kier alpha value is -3.92. The van der Waals surface area contributed by atoms with E-state index < -0.39 is 21.4 Å². The molecule has 0 aliphatic carbocycles. The highest BCUT2D eigenvalue weighted by Gasteiger charge is 2.30. The van der Waals surface area contributed by atoms with E-state index in [1.165, 1.54) is 19.1 Å². The maximum atomic E-state index is 13.7. The summed E-state index contributed by atoms with van der Waals surface area (Å²) in [4.78, 5) is 28.8. The van der Waals surface area contributed by atoms with E-state index in [4.69, 9.17) is 4.74 Å². The summed E-state index contributed by atoms with van der Waals surface area (Å²) in [5.74, 6) is -0.333. The van der Waals surface area contributed by atoms with Crippen LogP contribution in [0.5, 0.6) is 0 Å². The van der Waals surface area contributed by atoms with Gasteiger partial charge in [-0.15, -0.1) is 0 Å². The number of nitrogens with zero attached hydrogens (tertiary/aromatic N) is 2. The maximum Gasteiger partial charge on any atom is 0.302 e. The highest BCUT2D eigenvalue weighted by atomic mass is 32.2. The number of benzene rings is 2. The molecule has 0 amide bonds. The van der Waals surface area contributed by atoms with Gasteiger partial charge in [0.2, 0.25) is 9.84 Å². The molecule has 0 spiro atoms. The average molecular weight is 481 g/mol. The van der Waals surface area contributed by atoms with Crippen molar-refractivity contribution in [1.29, 1.82) is 0 Å². The van der Waals surface area contributed by atoms with Crippen LogP contribution in [0.3, 0.4) is 0 Å². The van der Waals surface area contributed by atoms with Crippen LogP contribution < -0.4 is 10.9 Å². The Morgan fingerprint density at radius 2 is 1.76 bits per heavy atom. The molecule has 2 aromatic heterocycles. The lowest BCUT2D eigenvalue weighted by Crippen LogP contribution is -2.23. The standard InChI is InChI=1S/C24H24N4O5S/c1-15-9-11-19(12-10-15)34(31,32)21-22(26-18-7-5-4-6-8-18)27-28-23(21)25-16(2)20(24(28)30)13-14-33-17(3)29/h4-12,26-27H,13-14H2,1-3H3. The molecular formula is C24H24N4O5S. The zero-order valence-electron chi connectivity index (χ0n) is 19.0. The van der Waals surface area contributed by atoms with Crippen LogP contribution >= 0.6 is 0 Å². The van der Waals surface area contributed by atoms with Crippen molar-refractivity contribution < 1.29 is 17.9 Å². The number of carbonyl (C=O) groups is 1. The predicted molar refractivity (Wildman–Crippen MR) is 127 cm³/mol. The molecule has 9 nitrogen and oxygen atoms in total. The number of H-pyrrole nitrogens is 1. The molecule has 0 radical (unpaired) electrons. The number of sulfone groups is 1. The van der Waals surface area contributed by atoms with Crippen molar-refractivity contribution in [2.24, 2.45) is 0 Å². The van der Waals surface area contributed by atoms with Crippen molar-refractivity contribution in [1.82, 2.24) is 14.6 Å². The minimum absolute atomic E-state index is 0.0160. The van der Waals surface area contributed by atoms with Gasteiger partial charge in [-0.2, -0.15) is 4.52 Å². The van der Waals surface area contributed by atoms with Crippen LogP contribution in [0.2, 0.25) is 0 Å². The first kappa shape index (κ1) is 23.2. The molecule has 176 valence electrons. The van der Waals surface area contributed by atoms with Crippen LogP contribution in [-0.2, 0) is 25.8 Å². The van der Waals surface area contributed by atoms with Gasteiger partial charge in [-0.25, -0.2) is 13.4 Å². The summed E-state index contributed by atoms with van der Waals surface area (Å²) in [5, 5.41) is 5.95. The summed E-state index contributed by atoms with van der Waals surface area (Å²) in [6.45, 7) is 4.80. The molecule has 2 heterocycles. The van der Waals surface area contributed by atoms with Crippen molar-refractivity contribution in [2.75, 3.05) is 11.9 Å². The van der Waals surface area contributed by atoms with Gasteiger partial charge in [-0.3, -0.25) is 14.7 Å². The lowest BCUT2D eigenvalue weighted by atomic mass is 10.2. The number of fused-ring (bicyclic) bond motifs is 1. The Balaban J connectivity index is 1.93. The molecule has 0 fully saturated rings. The lowest BCUT2D eigenvalue weighted by molar-refractivity contribution is -0.140. The minimum Gasteiger partial charge on any atom is -0.466 e. The summed E-state index contributed by atoms with van der Waals surface area (Å²) < 4.78 is 33.5. The van der Waals surface area contributed by atoms with E-state index in [1.807, 2.05) is 13.0 Å². The number of esters is 1. The van der Waals surface area contributed by atoms with E-state index in [0.29, 0.717) is 16.9 Å². The number of hydrogen-bond donors (Lipinski definition) is 2. The first-order chi connectivity index (χ1) is 16.2. The molecule has 0 unspecified atom stereocenters. The fourth-order valence-electron chi connectivity index (χ4n) is 3.62. The first-order valence-corrected chi connectivity index (χ1v) is 12.1. The molecular weight excluding hydrogens is 456 g/mol. The molecule has 2 N–H and O–H groups in total. The number of anilines is 2. The zero-order chi connectivity index (χ0) is 24.5. The largest absolute Gasteiger partial charge is 0.466 e. The van der Waals surface area contributed by atoms with Gasteiger partial charge < -0.3 is 10.1 Å². The van der Waals surface area contributed by atoms with Gasteiger partial charge in [-0.1, -0.05) is 35.9 Å². The van der Waals surface area contributed by atoms with Gasteiger partial charge in [0.25, 0.3) is 5.56 Å². The molecule has 2 aromatic carbocycles. The summed E-state index contributed by atoms with van der Waals surface area (Å²) >= 11 is 0. The molecule has 0 atom stereocenters. The third-order valence-corrected chi connectivity index (χ3v) is 7.15. The van der Waals surface area contributed by atoms with E-state index in [0.717, 1.165) is 10.1 Å². The van der Waals surface area contributed by atoms with Crippen LogP contribution in [-0.4, -0.2) is 35.6 Å². The number of carbonyl (C=O) groups excluding carboxylic acids is 1. The SMILES string of the molecule is CC(=O)OCCc1c(C)nc2c(S(=O)(=O)c3ccc(C)cc3)c(Nc3ccccc3)[nH]n2c1=O. The number of hydrogen-bond acceptors (Lipinski definition) is 7. The van der Waals surface area contributed by atoms with E-state index >= 15 is 0 Å². The van der Waals surface area contributed by atoms with E-state index in [2.05, 4.69) is 15.4 Å². The van der Waals surface area contributed by atoms with Crippen molar-refractivity contribution in [3.8, 4) is 0 Å². The van der Waals surface area contributed by atoms with Crippen molar-refractivity contribution in [2.45, 2.75) is 37.0 Å². The van der Waals surface area contributed by atoms with Crippen molar-refractivity contribution in [3.63, 3.8) is 0 Å². The van der Waals surface area contributed by atoms with Crippen molar-refractivity contribution in [3.05, 3.63) is 81.8 Å². The Morgan fingerprint density at radius 1 is 1.09 bits per heavy atom. The van der Waals surface area contributed by atoms with E-state index in [9.17, 15) is 18.0 Å². The Kier molecular flexibility index (Phi) is 6.25. The number of ether oxygens (including phenoxy) is 1. The highest BCUT2D eigenvalue weighted by molar-refractivity contribution is 7.91. The van der Waals surface area contributed by atoms with E-state index in [-0.39, 0.29) is 34.3 Å². The quantitative estimate of drug-likeness (QED) is 0.389. The van der Waals surface area contributed by atoms with Gasteiger partial charge in [0, 0.05) is 30.3 Å². The number of rotatable bonds is 7. The van der Waals surface area contributed by atoms with Crippen LogP contribution in [0.25, 0.3) is 5.65 Å². The third kappa shape index (κ3) is 4.44. The fraction of sp³-hybridized carbons (Fsp3) is 0.208. The van der Waals surface area contributed by atoms with Gasteiger partial charge in [0.15, 0.2) is 10.5 Å². The van der Waals surface area contributed by atoms with E-state index in [1.54, 1.807) is 43.3 Å². The second-order valence-corrected chi connectivity index (χ2v) is 9.74. The minimum atomic E-state index is -4.05.